The molecule has 2 amide bonds. The average Bonchev–Trinajstić information content (AvgIpc) is 3.07. The van der Waals surface area contributed by atoms with Gasteiger partial charge in [-0.2, -0.15) is 0 Å². The van der Waals surface area contributed by atoms with Gasteiger partial charge in [0, 0.05) is 6.20 Å². The number of carbonyl (C=O) groups is 2. The number of amides is 2. The second kappa shape index (κ2) is 8.12. The van der Waals surface area contributed by atoms with Gasteiger partial charge in [0.1, 0.15) is 23.2 Å². The van der Waals surface area contributed by atoms with Gasteiger partial charge in [-0.15, -0.1) is 10.2 Å². The molecule has 0 bridgehead atoms. The van der Waals surface area contributed by atoms with Crippen molar-refractivity contribution in [3.8, 4) is 0 Å². The van der Waals surface area contributed by atoms with Crippen LogP contribution >= 0.6 is 0 Å². The molecule has 1 atom stereocenters. The van der Waals surface area contributed by atoms with Crippen molar-refractivity contribution < 1.29 is 18.4 Å². The molecule has 2 aromatic heterocycles. The van der Waals surface area contributed by atoms with Crippen LogP contribution in [0.25, 0.3) is 5.65 Å². The Morgan fingerprint density at radius 1 is 1.07 bits per heavy atom. The molecule has 0 saturated heterocycles. The van der Waals surface area contributed by atoms with Crippen molar-refractivity contribution in [2.24, 2.45) is 5.92 Å². The van der Waals surface area contributed by atoms with E-state index in [2.05, 4.69) is 20.8 Å². The van der Waals surface area contributed by atoms with Crippen LogP contribution in [0.4, 0.5) is 8.78 Å². The lowest BCUT2D eigenvalue weighted by Crippen LogP contribution is -2.49. The van der Waals surface area contributed by atoms with Gasteiger partial charge in [-0.05, 0) is 30.2 Å². The number of aromatic nitrogens is 3. The van der Waals surface area contributed by atoms with Gasteiger partial charge < -0.3 is 10.6 Å². The molecule has 0 aliphatic rings. The predicted molar refractivity (Wildman–Crippen MR) is 97.3 cm³/mol. The Morgan fingerprint density at radius 3 is 2.46 bits per heavy atom. The number of pyridine rings is 1. The summed E-state index contributed by atoms with van der Waals surface area (Å²) in [6, 6.07) is 7.55. The summed E-state index contributed by atoms with van der Waals surface area (Å²) < 4.78 is 29.4. The minimum Gasteiger partial charge on any atom is -0.347 e. The van der Waals surface area contributed by atoms with Gasteiger partial charge in [0.2, 0.25) is 5.91 Å². The second-order valence-corrected chi connectivity index (χ2v) is 6.55. The van der Waals surface area contributed by atoms with E-state index in [4.69, 9.17) is 0 Å². The van der Waals surface area contributed by atoms with E-state index in [9.17, 15) is 18.4 Å². The fourth-order valence-electron chi connectivity index (χ4n) is 2.75. The Hall–Kier alpha value is -3.36. The number of fused-ring (bicyclic) bond motifs is 1. The number of rotatable bonds is 6. The Labute approximate surface area is 159 Å². The predicted octanol–water partition coefficient (Wildman–Crippen LogP) is 2.08. The third-order valence-electron chi connectivity index (χ3n) is 4.23. The van der Waals surface area contributed by atoms with Gasteiger partial charge in [-0.3, -0.25) is 14.0 Å². The fraction of sp³-hybridized carbons (Fsp3) is 0.263. The first-order valence-electron chi connectivity index (χ1n) is 8.69. The number of nitrogens with zero attached hydrogens (tertiary/aromatic N) is 3. The summed E-state index contributed by atoms with van der Waals surface area (Å²) in [5, 5.41) is 13.1. The molecule has 9 heteroatoms. The zero-order valence-corrected chi connectivity index (χ0v) is 15.3. The quantitative estimate of drug-likeness (QED) is 0.678. The van der Waals surface area contributed by atoms with E-state index >= 15 is 0 Å². The lowest BCUT2D eigenvalue weighted by molar-refractivity contribution is -0.124. The lowest BCUT2D eigenvalue weighted by atomic mass is 10.0. The summed E-state index contributed by atoms with van der Waals surface area (Å²) in [5.41, 5.74) is -0.0834. The number of halogens is 2. The molecule has 0 saturated carbocycles. The van der Waals surface area contributed by atoms with Crippen LogP contribution in [-0.2, 0) is 11.3 Å². The molecule has 28 heavy (non-hydrogen) atoms. The first-order valence-corrected chi connectivity index (χ1v) is 8.69. The van der Waals surface area contributed by atoms with Crippen molar-refractivity contribution >= 4 is 17.5 Å². The molecule has 7 nitrogen and oxygen atoms in total. The Balaban J connectivity index is 1.71. The molecular formula is C19H19F2N5O2. The first-order chi connectivity index (χ1) is 13.4. The van der Waals surface area contributed by atoms with Crippen molar-refractivity contribution in [3.05, 3.63) is 65.6 Å². The molecule has 1 aromatic carbocycles. The first kappa shape index (κ1) is 19.4. The van der Waals surface area contributed by atoms with Crippen LogP contribution < -0.4 is 10.6 Å². The van der Waals surface area contributed by atoms with Crippen LogP contribution in [0.5, 0.6) is 0 Å². The van der Waals surface area contributed by atoms with Crippen molar-refractivity contribution in [2.75, 3.05) is 0 Å². The summed E-state index contributed by atoms with van der Waals surface area (Å²) in [6.07, 6.45) is 1.76. The molecule has 1 unspecified atom stereocenters. The van der Waals surface area contributed by atoms with E-state index in [0.29, 0.717) is 11.5 Å². The normalized spacial score (nSPS) is 12.2. The number of hydrogen-bond donors (Lipinski definition) is 2. The van der Waals surface area contributed by atoms with Gasteiger partial charge in [0.25, 0.3) is 5.91 Å². The van der Waals surface area contributed by atoms with E-state index in [0.717, 1.165) is 18.2 Å². The molecule has 0 spiro atoms. The van der Waals surface area contributed by atoms with Crippen LogP contribution in [0.3, 0.4) is 0 Å². The Bertz CT molecular complexity index is 998. The monoisotopic (exact) mass is 387 g/mol. The fourth-order valence-corrected chi connectivity index (χ4v) is 2.75. The van der Waals surface area contributed by atoms with Crippen LogP contribution in [-0.4, -0.2) is 32.5 Å². The SMILES string of the molecule is CC(C)C(NC(=O)c1c(F)cccc1F)C(=O)NCc1nnc2ccccn12. The van der Waals surface area contributed by atoms with Crippen LogP contribution in [0.1, 0.15) is 30.0 Å². The largest absolute Gasteiger partial charge is 0.347 e. The summed E-state index contributed by atoms with van der Waals surface area (Å²) in [7, 11) is 0. The van der Waals surface area contributed by atoms with Gasteiger partial charge >= 0.3 is 0 Å². The number of benzene rings is 1. The Morgan fingerprint density at radius 2 is 1.79 bits per heavy atom. The Kier molecular flexibility index (Phi) is 5.62. The molecule has 2 heterocycles. The molecule has 0 aliphatic carbocycles. The molecule has 0 aliphatic heterocycles. The highest BCUT2D eigenvalue weighted by molar-refractivity contribution is 5.98. The van der Waals surface area contributed by atoms with Crippen molar-refractivity contribution in [1.82, 2.24) is 25.2 Å². The third kappa shape index (κ3) is 3.98. The van der Waals surface area contributed by atoms with Gasteiger partial charge in [0.05, 0.1) is 6.54 Å². The smallest absolute Gasteiger partial charge is 0.257 e. The second-order valence-electron chi connectivity index (χ2n) is 6.55. The molecule has 0 fully saturated rings. The maximum absolute atomic E-state index is 13.8. The third-order valence-corrected chi connectivity index (χ3v) is 4.23. The van der Waals surface area contributed by atoms with Crippen molar-refractivity contribution in [3.63, 3.8) is 0 Å². The van der Waals surface area contributed by atoms with Crippen molar-refractivity contribution in [2.45, 2.75) is 26.4 Å². The lowest BCUT2D eigenvalue weighted by Gasteiger charge is -2.21. The topological polar surface area (TPSA) is 88.4 Å². The number of hydrogen-bond acceptors (Lipinski definition) is 4. The van der Waals surface area contributed by atoms with E-state index in [1.54, 1.807) is 30.5 Å². The zero-order chi connectivity index (χ0) is 20.3. The minimum absolute atomic E-state index is 0.0805. The standard InChI is InChI=1S/C19H19F2N5O2/c1-11(2)17(23-18(27)16-12(20)6-5-7-13(16)21)19(28)22-10-15-25-24-14-8-3-4-9-26(14)15/h3-9,11,17H,10H2,1-2H3,(H,22,28)(H,23,27). The van der Waals surface area contributed by atoms with Gasteiger partial charge in [-0.25, -0.2) is 8.78 Å². The van der Waals surface area contributed by atoms with E-state index in [1.807, 2.05) is 12.1 Å². The molecule has 3 rings (SSSR count). The van der Waals surface area contributed by atoms with Crippen molar-refractivity contribution in [1.29, 1.82) is 0 Å². The molecule has 146 valence electrons. The van der Waals surface area contributed by atoms with E-state index < -0.39 is 35.1 Å². The molecular weight excluding hydrogens is 368 g/mol. The number of carbonyl (C=O) groups excluding carboxylic acids is 2. The highest BCUT2D eigenvalue weighted by atomic mass is 19.1. The van der Waals surface area contributed by atoms with E-state index in [1.165, 1.54) is 0 Å². The molecule has 0 radical (unpaired) electrons. The highest BCUT2D eigenvalue weighted by Crippen LogP contribution is 2.13. The maximum atomic E-state index is 13.8. The van der Waals surface area contributed by atoms with Gasteiger partial charge in [0.15, 0.2) is 11.5 Å². The van der Waals surface area contributed by atoms with Gasteiger partial charge in [-0.1, -0.05) is 26.0 Å². The highest BCUT2D eigenvalue weighted by Gasteiger charge is 2.27. The van der Waals surface area contributed by atoms with Crippen LogP contribution in [0, 0.1) is 17.6 Å². The number of nitrogens with one attached hydrogen (secondary N) is 2. The van der Waals surface area contributed by atoms with Crippen LogP contribution in [0.15, 0.2) is 42.6 Å². The summed E-state index contributed by atoms with van der Waals surface area (Å²) >= 11 is 0. The molecule has 2 N–H and O–H groups in total. The maximum Gasteiger partial charge on any atom is 0.257 e. The average molecular weight is 387 g/mol. The van der Waals surface area contributed by atoms with Crippen LogP contribution in [0.2, 0.25) is 0 Å². The van der Waals surface area contributed by atoms with E-state index in [-0.39, 0.29) is 12.5 Å². The minimum atomic E-state index is -0.990. The summed E-state index contributed by atoms with van der Waals surface area (Å²) in [4.78, 5) is 24.9. The summed E-state index contributed by atoms with van der Waals surface area (Å²) in [5.74, 6) is -3.26. The summed E-state index contributed by atoms with van der Waals surface area (Å²) in [6.45, 7) is 3.51. The zero-order valence-electron chi connectivity index (χ0n) is 15.3. The molecule has 3 aromatic rings.